The molecule has 21 heavy (non-hydrogen) atoms. The summed E-state index contributed by atoms with van der Waals surface area (Å²) in [6.45, 7) is 0.893. The van der Waals surface area contributed by atoms with Gasteiger partial charge in [-0.25, -0.2) is 4.39 Å². The maximum absolute atomic E-state index is 13.5. The Labute approximate surface area is 122 Å². The van der Waals surface area contributed by atoms with Crippen LogP contribution in [0.1, 0.15) is 16.8 Å². The summed E-state index contributed by atoms with van der Waals surface area (Å²) in [7, 11) is 0. The third kappa shape index (κ3) is 4.49. The highest BCUT2D eigenvalue weighted by atomic mass is 19.1. The third-order valence-corrected chi connectivity index (χ3v) is 2.86. The van der Waals surface area contributed by atoms with Gasteiger partial charge in [0.05, 0.1) is 12.2 Å². The lowest BCUT2D eigenvalue weighted by molar-refractivity contribution is 0.0947. The fourth-order valence-electron chi connectivity index (χ4n) is 1.79. The zero-order valence-electron chi connectivity index (χ0n) is 11.5. The molecule has 2 rings (SSSR count). The van der Waals surface area contributed by atoms with Crippen LogP contribution >= 0.6 is 0 Å². The monoisotopic (exact) mass is 288 g/mol. The van der Waals surface area contributed by atoms with E-state index >= 15 is 0 Å². The Hall–Kier alpha value is -2.56. The first-order valence-electron chi connectivity index (χ1n) is 6.68. The van der Waals surface area contributed by atoms with Crippen molar-refractivity contribution in [1.82, 2.24) is 5.32 Å². The second kappa shape index (κ2) is 7.28. The number of hydrogen-bond acceptors (Lipinski definition) is 3. The van der Waals surface area contributed by atoms with Gasteiger partial charge in [-0.2, -0.15) is 0 Å². The average Bonchev–Trinajstić information content (AvgIpc) is 2.47. The molecule has 2 aromatic carbocycles. The van der Waals surface area contributed by atoms with E-state index in [1.54, 1.807) is 0 Å². The van der Waals surface area contributed by atoms with Crippen molar-refractivity contribution in [3.63, 3.8) is 0 Å². The number of amides is 1. The molecule has 1 amide bonds. The van der Waals surface area contributed by atoms with Gasteiger partial charge >= 0.3 is 0 Å². The lowest BCUT2D eigenvalue weighted by atomic mass is 10.2. The molecule has 3 N–H and O–H groups in total. The molecule has 110 valence electrons. The molecule has 0 aliphatic rings. The van der Waals surface area contributed by atoms with E-state index in [1.165, 1.54) is 12.1 Å². The van der Waals surface area contributed by atoms with Crippen molar-refractivity contribution in [3.05, 3.63) is 59.9 Å². The van der Waals surface area contributed by atoms with Crippen LogP contribution in [-0.4, -0.2) is 19.1 Å². The standard InChI is InChI=1S/C16H17FN2O2/c17-15-11-12(18)7-8-14(15)16(20)19-9-4-10-21-13-5-2-1-3-6-13/h1-3,5-8,11H,4,9-10,18H2,(H,19,20). The largest absolute Gasteiger partial charge is 0.494 e. The molecular formula is C16H17FN2O2. The highest BCUT2D eigenvalue weighted by Gasteiger charge is 2.10. The van der Waals surface area contributed by atoms with Crippen LogP contribution in [0.3, 0.4) is 0 Å². The number of benzene rings is 2. The average molecular weight is 288 g/mol. The summed E-state index contributed by atoms with van der Waals surface area (Å²) >= 11 is 0. The van der Waals surface area contributed by atoms with E-state index in [0.717, 1.165) is 11.8 Å². The summed E-state index contributed by atoms with van der Waals surface area (Å²) < 4.78 is 19.0. The molecule has 2 aromatic rings. The summed E-state index contributed by atoms with van der Waals surface area (Å²) in [6, 6.07) is 13.4. The first-order chi connectivity index (χ1) is 10.2. The van der Waals surface area contributed by atoms with E-state index < -0.39 is 11.7 Å². The molecule has 5 heteroatoms. The van der Waals surface area contributed by atoms with Crippen molar-refractivity contribution < 1.29 is 13.9 Å². The number of nitrogens with two attached hydrogens (primary N) is 1. The van der Waals surface area contributed by atoms with Gasteiger partial charge in [-0.15, -0.1) is 0 Å². The summed E-state index contributed by atoms with van der Waals surface area (Å²) in [5, 5.41) is 2.65. The molecule has 0 fully saturated rings. The molecule has 0 spiro atoms. The maximum Gasteiger partial charge on any atom is 0.254 e. The van der Waals surface area contributed by atoms with Gasteiger partial charge < -0.3 is 15.8 Å². The van der Waals surface area contributed by atoms with E-state index in [9.17, 15) is 9.18 Å². The number of para-hydroxylation sites is 1. The van der Waals surface area contributed by atoms with Gasteiger partial charge in [-0.3, -0.25) is 4.79 Å². The molecule has 0 heterocycles. The minimum absolute atomic E-state index is 0.00632. The van der Waals surface area contributed by atoms with Gasteiger partial charge in [0.1, 0.15) is 11.6 Å². The van der Waals surface area contributed by atoms with Gasteiger partial charge in [0.15, 0.2) is 0 Å². The number of carbonyl (C=O) groups excluding carboxylic acids is 1. The highest BCUT2D eigenvalue weighted by molar-refractivity contribution is 5.94. The van der Waals surface area contributed by atoms with Crippen molar-refractivity contribution in [1.29, 1.82) is 0 Å². The molecular weight excluding hydrogens is 271 g/mol. The topological polar surface area (TPSA) is 64.4 Å². The molecule has 0 aromatic heterocycles. The number of rotatable bonds is 6. The Balaban J connectivity index is 1.72. The predicted octanol–water partition coefficient (Wildman–Crippen LogP) is 2.61. The minimum Gasteiger partial charge on any atom is -0.494 e. The quantitative estimate of drug-likeness (QED) is 0.634. The molecule has 0 unspecified atom stereocenters. The van der Waals surface area contributed by atoms with Crippen LogP contribution in [0.4, 0.5) is 10.1 Å². The van der Waals surface area contributed by atoms with Crippen molar-refractivity contribution in [2.75, 3.05) is 18.9 Å². The normalized spacial score (nSPS) is 10.1. The number of nitrogen functional groups attached to an aromatic ring is 1. The summed E-state index contributed by atoms with van der Waals surface area (Å²) in [4.78, 5) is 11.8. The Bertz CT molecular complexity index is 602. The van der Waals surface area contributed by atoms with Gasteiger partial charge in [-0.1, -0.05) is 18.2 Å². The van der Waals surface area contributed by atoms with E-state index in [4.69, 9.17) is 10.5 Å². The van der Waals surface area contributed by atoms with Crippen LogP contribution in [0.5, 0.6) is 5.75 Å². The molecule has 0 aliphatic heterocycles. The number of ether oxygens (including phenoxy) is 1. The zero-order chi connectivity index (χ0) is 15.1. The number of hydrogen-bond donors (Lipinski definition) is 2. The summed E-state index contributed by atoms with van der Waals surface area (Å²) in [5.41, 5.74) is 5.72. The van der Waals surface area contributed by atoms with Crippen LogP contribution < -0.4 is 15.8 Å². The molecule has 0 aliphatic carbocycles. The first-order valence-corrected chi connectivity index (χ1v) is 6.68. The van der Waals surface area contributed by atoms with Gasteiger partial charge in [-0.05, 0) is 36.8 Å². The Morgan fingerprint density at radius 2 is 1.95 bits per heavy atom. The molecule has 0 bridgehead atoms. The fraction of sp³-hybridized carbons (Fsp3) is 0.188. The second-order valence-corrected chi connectivity index (χ2v) is 4.51. The van der Waals surface area contributed by atoms with Crippen molar-refractivity contribution >= 4 is 11.6 Å². The Morgan fingerprint density at radius 1 is 1.19 bits per heavy atom. The van der Waals surface area contributed by atoms with Crippen LogP contribution in [-0.2, 0) is 0 Å². The van der Waals surface area contributed by atoms with Crippen LogP contribution in [0, 0.1) is 5.82 Å². The Kier molecular flexibility index (Phi) is 5.15. The number of halogens is 1. The van der Waals surface area contributed by atoms with E-state index in [2.05, 4.69) is 5.32 Å². The molecule has 0 atom stereocenters. The minimum atomic E-state index is -0.618. The van der Waals surface area contributed by atoms with Crippen LogP contribution in [0.25, 0.3) is 0 Å². The van der Waals surface area contributed by atoms with Crippen molar-refractivity contribution in [2.45, 2.75) is 6.42 Å². The summed E-state index contributed by atoms with van der Waals surface area (Å²) in [6.07, 6.45) is 0.636. The molecule has 4 nitrogen and oxygen atoms in total. The number of carbonyl (C=O) groups is 1. The fourth-order valence-corrected chi connectivity index (χ4v) is 1.79. The summed E-state index contributed by atoms with van der Waals surface area (Å²) in [5.74, 6) is -0.284. The van der Waals surface area contributed by atoms with Crippen molar-refractivity contribution in [3.8, 4) is 5.75 Å². The maximum atomic E-state index is 13.5. The lowest BCUT2D eigenvalue weighted by Crippen LogP contribution is -2.26. The van der Waals surface area contributed by atoms with E-state index in [1.807, 2.05) is 30.3 Å². The lowest BCUT2D eigenvalue weighted by Gasteiger charge is -2.08. The predicted molar refractivity (Wildman–Crippen MR) is 79.7 cm³/mol. The zero-order valence-corrected chi connectivity index (χ0v) is 11.5. The number of anilines is 1. The number of nitrogens with one attached hydrogen (secondary N) is 1. The van der Waals surface area contributed by atoms with Crippen LogP contribution in [0.2, 0.25) is 0 Å². The molecule has 0 radical (unpaired) electrons. The van der Waals surface area contributed by atoms with Crippen molar-refractivity contribution in [2.24, 2.45) is 0 Å². The molecule has 0 saturated carbocycles. The van der Waals surface area contributed by atoms with E-state index in [0.29, 0.717) is 25.3 Å². The molecule has 0 saturated heterocycles. The first kappa shape index (κ1) is 14.8. The van der Waals surface area contributed by atoms with Gasteiger partial charge in [0, 0.05) is 12.2 Å². The third-order valence-electron chi connectivity index (χ3n) is 2.86. The van der Waals surface area contributed by atoms with Gasteiger partial charge in [0.25, 0.3) is 5.91 Å². The highest BCUT2D eigenvalue weighted by Crippen LogP contribution is 2.11. The van der Waals surface area contributed by atoms with E-state index in [-0.39, 0.29) is 5.56 Å². The Morgan fingerprint density at radius 3 is 2.67 bits per heavy atom. The van der Waals surface area contributed by atoms with Crippen LogP contribution in [0.15, 0.2) is 48.5 Å². The van der Waals surface area contributed by atoms with Gasteiger partial charge in [0.2, 0.25) is 0 Å². The smallest absolute Gasteiger partial charge is 0.254 e. The second-order valence-electron chi connectivity index (χ2n) is 4.51. The SMILES string of the molecule is Nc1ccc(C(=O)NCCCOc2ccccc2)c(F)c1.